The van der Waals surface area contributed by atoms with Gasteiger partial charge in [-0.3, -0.25) is 4.79 Å². The first-order valence-corrected chi connectivity index (χ1v) is 12.4. The van der Waals surface area contributed by atoms with Crippen LogP contribution in [0, 0.1) is 5.82 Å². The molecule has 3 rings (SSSR count). The first-order chi connectivity index (χ1) is 16.1. The van der Waals surface area contributed by atoms with E-state index in [2.05, 4.69) is 5.32 Å². The minimum absolute atomic E-state index is 0.0349. The summed E-state index contributed by atoms with van der Waals surface area (Å²) in [5.41, 5.74) is 0.690. The van der Waals surface area contributed by atoms with Crippen LogP contribution in [0.2, 0.25) is 10.0 Å². The summed E-state index contributed by atoms with van der Waals surface area (Å²) in [4.78, 5) is 12.8. The minimum Gasteiger partial charge on any atom is -0.496 e. The van der Waals surface area contributed by atoms with Gasteiger partial charge in [-0.2, -0.15) is 4.31 Å². The van der Waals surface area contributed by atoms with E-state index >= 15 is 0 Å². The third-order valence-corrected chi connectivity index (χ3v) is 7.56. The fourth-order valence-electron chi connectivity index (χ4n) is 3.39. The minimum atomic E-state index is -4.19. The third-order valence-electron chi connectivity index (χ3n) is 5.15. The SMILES string of the molecule is COc1ccccc1[C@H](C)NC(=O)CN(Cc1c(F)cccc1Cl)S(=O)(=O)c1ccc(Cl)cc1. The van der Waals surface area contributed by atoms with Crippen LogP contribution in [0.5, 0.6) is 5.75 Å². The number of ether oxygens (including phenoxy) is 1. The second kappa shape index (κ2) is 11.2. The maximum absolute atomic E-state index is 14.5. The molecular formula is C24H23Cl2FN2O4S. The van der Waals surface area contributed by atoms with Crippen molar-refractivity contribution in [3.63, 3.8) is 0 Å². The Hall–Kier alpha value is -2.65. The van der Waals surface area contributed by atoms with Gasteiger partial charge in [0.15, 0.2) is 0 Å². The molecule has 1 amide bonds. The van der Waals surface area contributed by atoms with Crippen molar-refractivity contribution in [2.45, 2.75) is 24.4 Å². The number of carbonyl (C=O) groups excluding carboxylic acids is 1. The lowest BCUT2D eigenvalue weighted by Gasteiger charge is -2.24. The molecule has 0 heterocycles. The van der Waals surface area contributed by atoms with Gasteiger partial charge in [-0.15, -0.1) is 0 Å². The molecular weight excluding hydrogens is 502 g/mol. The molecule has 0 spiro atoms. The summed E-state index contributed by atoms with van der Waals surface area (Å²) in [6, 6.07) is 16.2. The topological polar surface area (TPSA) is 75.7 Å². The Morgan fingerprint density at radius 1 is 1.06 bits per heavy atom. The zero-order valence-electron chi connectivity index (χ0n) is 18.5. The molecule has 0 saturated heterocycles. The summed E-state index contributed by atoms with van der Waals surface area (Å²) in [5, 5.41) is 3.18. The Bertz CT molecular complexity index is 1250. The highest BCUT2D eigenvalue weighted by atomic mass is 35.5. The molecule has 0 aliphatic carbocycles. The molecule has 0 bridgehead atoms. The molecule has 34 heavy (non-hydrogen) atoms. The number of rotatable bonds is 9. The number of carbonyl (C=O) groups is 1. The number of methoxy groups -OCH3 is 1. The molecule has 3 aromatic rings. The molecule has 0 radical (unpaired) electrons. The average Bonchev–Trinajstić information content (AvgIpc) is 2.80. The maximum Gasteiger partial charge on any atom is 0.243 e. The van der Waals surface area contributed by atoms with Gasteiger partial charge in [0, 0.05) is 27.7 Å². The summed E-state index contributed by atoms with van der Waals surface area (Å²) >= 11 is 12.0. The lowest BCUT2D eigenvalue weighted by Crippen LogP contribution is -2.41. The molecule has 0 saturated carbocycles. The number of benzene rings is 3. The summed E-state index contributed by atoms with van der Waals surface area (Å²) in [7, 11) is -2.67. The lowest BCUT2D eigenvalue weighted by atomic mass is 10.1. The Kier molecular flexibility index (Phi) is 8.54. The van der Waals surface area contributed by atoms with Gasteiger partial charge in [0.25, 0.3) is 0 Å². The van der Waals surface area contributed by atoms with E-state index in [4.69, 9.17) is 27.9 Å². The molecule has 0 aliphatic heterocycles. The Morgan fingerprint density at radius 2 is 1.74 bits per heavy atom. The van der Waals surface area contributed by atoms with Crippen molar-refractivity contribution < 1.29 is 22.3 Å². The second-order valence-electron chi connectivity index (χ2n) is 7.46. The van der Waals surface area contributed by atoms with E-state index in [1.807, 2.05) is 0 Å². The zero-order chi connectivity index (χ0) is 24.9. The van der Waals surface area contributed by atoms with E-state index in [-0.39, 0.29) is 15.5 Å². The average molecular weight is 525 g/mol. The van der Waals surface area contributed by atoms with E-state index in [1.54, 1.807) is 31.2 Å². The smallest absolute Gasteiger partial charge is 0.243 e. The van der Waals surface area contributed by atoms with Crippen LogP contribution in [0.3, 0.4) is 0 Å². The number of para-hydroxylation sites is 1. The monoisotopic (exact) mass is 524 g/mol. The van der Waals surface area contributed by atoms with Gasteiger partial charge in [-0.05, 0) is 49.4 Å². The highest BCUT2D eigenvalue weighted by Gasteiger charge is 2.29. The Balaban J connectivity index is 1.90. The standard InChI is InChI=1S/C24H23Cl2FN2O4S/c1-16(19-6-3-4-9-23(19)33-2)28-24(30)15-29(14-20-21(26)7-5-8-22(20)27)34(31,32)18-12-10-17(25)11-13-18/h3-13,16H,14-15H2,1-2H3,(H,28,30)/t16-/m0/s1. The van der Waals surface area contributed by atoms with Crippen LogP contribution < -0.4 is 10.1 Å². The summed E-state index contributed by atoms with van der Waals surface area (Å²) in [6.07, 6.45) is 0. The first kappa shape index (κ1) is 26.0. The van der Waals surface area contributed by atoms with Crippen LogP contribution in [0.15, 0.2) is 71.6 Å². The van der Waals surface area contributed by atoms with Crippen molar-refractivity contribution in [3.8, 4) is 5.75 Å². The van der Waals surface area contributed by atoms with Gasteiger partial charge >= 0.3 is 0 Å². The largest absolute Gasteiger partial charge is 0.496 e. The number of nitrogens with zero attached hydrogens (tertiary/aromatic N) is 1. The second-order valence-corrected chi connectivity index (χ2v) is 10.2. The number of sulfonamides is 1. The number of halogens is 3. The highest BCUT2D eigenvalue weighted by molar-refractivity contribution is 7.89. The molecule has 1 atom stereocenters. The number of nitrogens with one attached hydrogen (secondary N) is 1. The molecule has 10 heteroatoms. The molecule has 6 nitrogen and oxygen atoms in total. The van der Waals surface area contributed by atoms with Gasteiger partial charge in [-0.25, -0.2) is 12.8 Å². The van der Waals surface area contributed by atoms with E-state index in [0.29, 0.717) is 10.8 Å². The Labute approximate surface area is 208 Å². The van der Waals surface area contributed by atoms with Crippen LogP contribution in [-0.4, -0.2) is 32.3 Å². The fourth-order valence-corrected chi connectivity index (χ4v) is 5.10. The van der Waals surface area contributed by atoms with Crippen molar-refractivity contribution in [1.82, 2.24) is 9.62 Å². The molecule has 0 aromatic heterocycles. The van der Waals surface area contributed by atoms with Crippen LogP contribution >= 0.6 is 23.2 Å². The Morgan fingerprint density at radius 3 is 2.38 bits per heavy atom. The van der Waals surface area contributed by atoms with E-state index in [1.165, 1.54) is 49.6 Å². The predicted octanol–water partition coefficient (Wildman–Crippen LogP) is 5.21. The molecule has 0 aliphatic rings. The summed E-state index contributed by atoms with van der Waals surface area (Å²) in [6.45, 7) is 0.754. The molecule has 0 unspecified atom stereocenters. The summed E-state index contributed by atoms with van der Waals surface area (Å²) < 4.78 is 47.4. The van der Waals surface area contributed by atoms with Gasteiger partial charge in [0.2, 0.25) is 15.9 Å². The normalized spacial score (nSPS) is 12.4. The predicted molar refractivity (Wildman–Crippen MR) is 130 cm³/mol. The van der Waals surface area contributed by atoms with Gasteiger partial charge in [0.05, 0.1) is 24.6 Å². The number of hydrogen-bond acceptors (Lipinski definition) is 4. The van der Waals surface area contributed by atoms with Gasteiger partial charge in [0.1, 0.15) is 11.6 Å². The van der Waals surface area contributed by atoms with Crippen LogP contribution in [0.25, 0.3) is 0 Å². The summed E-state index contributed by atoms with van der Waals surface area (Å²) in [5.74, 6) is -0.672. The van der Waals surface area contributed by atoms with E-state index in [0.717, 1.165) is 9.87 Å². The maximum atomic E-state index is 14.5. The molecule has 0 fully saturated rings. The van der Waals surface area contributed by atoms with Gasteiger partial charge < -0.3 is 10.1 Å². The highest BCUT2D eigenvalue weighted by Crippen LogP contribution is 2.27. The molecule has 3 aromatic carbocycles. The van der Waals surface area contributed by atoms with E-state index in [9.17, 15) is 17.6 Å². The zero-order valence-corrected chi connectivity index (χ0v) is 20.8. The van der Waals surface area contributed by atoms with Crippen LogP contribution in [0.4, 0.5) is 4.39 Å². The van der Waals surface area contributed by atoms with E-state index < -0.39 is 40.9 Å². The lowest BCUT2D eigenvalue weighted by molar-refractivity contribution is -0.122. The van der Waals surface area contributed by atoms with Crippen molar-refractivity contribution >= 4 is 39.1 Å². The van der Waals surface area contributed by atoms with Gasteiger partial charge in [-0.1, -0.05) is 47.5 Å². The molecule has 180 valence electrons. The molecule has 1 N–H and O–H groups in total. The number of hydrogen-bond donors (Lipinski definition) is 1. The van der Waals surface area contributed by atoms with Crippen molar-refractivity contribution in [3.05, 3.63) is 93.7 Å². The fraction of sp³-hybridized carbons (Fsp3) is 0.208. The quantitative estimate of drug-likeness (QED) is 0.416. The van der Waals surface area contributed by atoms with Crippen molar-refractivity contribution in [2.24, 2.45) is 0 Å². The van der Waals surface area contributed by atoms with Crippen LogP contribution in [-0.2, 0) is 21.4 Å². The van der Waals surface area contributed by atoms with Crippen molar-refractivity contribution in [1.29, 1.82) is 0 Å². The first-order valence-electron chi connectivity index (χ1n) is 10.2. The van der Waals surface area contributed by atoms with Crippen molar-refractivity contribution in [2.75, 3.05) is 13.7 Å². The third kappa shape index (κ3) is 6.07. The number of amides is 1. The van der Waals surface area contributed by atoms with Crippen LogP contribution in [0.1, 0.15) is 24.1 Å².